The number of carbonyl (C=O) groups is 1. The highest BCUT2D eigenvalue weighted by Gasteiger charge is 2.29. The number of piperidine rings is 1. The number of carbonyl (C=O) groups excluding carboxylic acids is 1. The van der Waals surface area contributed by atoms with Crippen LogP contribution in [0.1, 0.15) is 30.7 Å². The summed E-state index contributed by atoms with van der Waals surface area (Å²) in [6.45, 7) is 4.08. The van der Waals surface area contributed by atoms with Crippen LogP contribution in [0.3, 0.4) is 0 Å². The van der Waals surface area contributed by atoms with Gasteiger partial charge in [-0.25, -0.2) is 0 Å². The number of likely N-dealkylation sites (tertiary alicyclic amines) is 2. The van der Waals surface area contributed by atoms with Gasteiger partial charge < -0.3 is 9.64 Å². The van der Waals surface area contributed by atoms with Crippen LogP contribution in [0.25, 0.3) is 0 Å². The zero-order chi connectivity index (χ0) is 18.5. The molecule has 0 N–H and O–H groups in total. The van der Waals surface area contributed by atoms with E-state index in [4.69, 9.17) is 4.74 Å². The van der Waals surface area contributed by atoms with Crippen molar-refractivity contribution in [3.8, 4) is 5.75 Å². The minimum atomic E-state index is 0.174. The number of ether oxygens (including phenoxy) is 1. The van der Waals surface area contributed by atoms with Gasteiger partial charge in [0.05, 0.1) is 12.7 Å². The third-order valence-electron chi connectivity index (χ3n) is 5.63. The normalized spacial score (nSPS) is 21.3. The summed E-state index contributed by atoms with van der Waals surface area (Å²) < 4.78 is 5.97. The van der Waals surface area contributed by atoms with Crippen molar-refractivity contribution in [1.82, 2.24) is 14.8 Å². The number of pyridine rings is 1. The molecule has 1 amide bonds. The van der Waals surface area contributed by atoms with Crippen molar-refractivity contribution in [2.45, 2.75) is 31.3 Å². The second-order valence-electron chi connectivity index (χ2n) is 7.52. The van der Waals surface area contributed by atoms with Crippen LogP contribution < -0.4 is 4.74 Å². The van der Waals surface area contributed by atoms with Gasteiger partial charge in [0, 0.05) is 38.7 Å². The molecule has 3 heterocycles. The number of hydrogen-bond acceptors (Lipinski definition) is 4. The maximum absolute atomic E-state index is 12.7. The molecule has 5 nitrogen and oxygen atoms in total. The first-order valence-electron chi connectivity index (χ1n) is 9.90. The average molecular weight is 365 g/mol. The standard InChI is InChI=1S/C22H27N3O2/c26-22(17-24-12-8-19(16-24)18-5-2-1-3-6-18)25-13-9-20(10-14-25)27-21-7-4-11-23-15-21/h1-7,11,15,19-20H,8-10,12-14,16-17H2. The second-order valence-corrected chi connectivity index (χ2v) is 7.52. The Bertz CT molecular complexity index is 730. The SMILES string of the molecule is O=C(CN1CCC(c2ccccc2)C1)N1CCC(Oc2cccnc2)CC1. The zero-order valence-electron chi connectivity index (χ0n) is 15.7. The number of rotatable bonds is 5. The molecule has 2 saturated heterocycles. The molecule has 5 heteroatoms. The molecule has 0 saturated carbocycles. The summed E-state index contributed by atoms with van der Waals surface area (Å²) in [5.74, 6) is 1.62. The Kier molecular flexibility index (Phi) is 5.68. The lowest BCUT2D eigenvalue weighted by Gasteiger charge is -2.33. The molecule has 2 fully saturated rings. The van der Waals surface area contributed by atoms with E-state index in [2.05, 4.69) is 40.2 Å². The number of benzene rings is 1. The van der Waals surface area contributed by atoms with E-state index in [-0.39, 0.29) is 12.0 Å². The molecule has 1 atom stereocenters. The van der Waals surface area contributed by atoms with Crippen LogP contribution in [-0.2, 0) is 4.79 Å². The molecule has 2 aromatic rings. The molecule has 0 spiro atoms. The Balaban J connectivity index is 1.22. The molecule has 0 aliphatic carbocycles. The van der Waals surface area contributed by atoms with Crippen LogP contribution in [0.4, 0.5) is 0 Å². The van der Waals surface area contributed by atoms with Crippen LogP contribution in [-0.4, -0.2) is 59.5 Å². The largest absolute Gasteiger partial charge is 0.489 e. The van der Waals surface area contributed by atoms with E-state index in [1.807, 2.05) is 17.0 Å². The Labute approximate surface area is 161 Å². The molecule has 0 bridgehead atoms. The molecule has 1 unspecified atom stereocenters. The van der Waals surface area contributed by atoms with E-state index in [0.29, 0.717) is 12.5 Å². The molecular weight excluding hydrogens is 338 g/mol. The predicted molar refractivity (Wildman–Crippen MR) is 105 cm³/mol. The number of nitrogens with zero attached hydrogens (tertiary/aromatic N) is 3. The summed E-state index contributed by atoms with van der Waals surface area (Å²) in [5.41, 5.74) is 1.39. The minimum absolute atomic E-state index is 0.174. The molecule has 1 aromatic carbocycles. The van der Waals surface area contributed by atoms with Gasteiger partial charge in [-0.3, -0.25) is 14.7 Å². The van der Waals surface area contributed by atoms with E-state index < -0.39 is 0 Å². The van der Waals surface area contributed by atoms with Crippen molar-refractivity contribution in [1.29, 1.82) is 0 Å². The monoisotopic (exact) mass is 365 g/mol. The van der Waals surface area contributed by atoms with Crippen LogP contribution in [0.2, 0.25) is 0 Å². The summed E-state index contributed by atoms with van der Waals surface area (Å²) in [6.07, 6.45) is 6.56. The summed E-state index contributed by atoms with van der Waals surface area (Å²) in [6, 6.07) is 14.5. The van der Waals surface area contributed by atoms with Gasteiger partial charge >= 0.3 is 0 Å². The molecule has 4 rings (SSSR count). The van der Waals surface area contributed by atoms with Crippen molar-refractivity contribution in [3.63, 3.8) is 0 Å². The average Bonchev–Trinajstić information content (AvgIpc) is 3.18. The molecular formula is C22H27N3O2. The van der Waals surface area contributed by atoms with Gasteiger partial charge in [-0.15, -0.1) is 0 Å². The second kappa shape index (κ2) is 8.53. The lowest BCUT2D eigenvalue weighted by molar-refractivity contribution is -0.134. The van der Waals surface area contributed by atoms with Gasteiger partial charge in [0.15, 0.2) is 0 Å². The highest BCUT2D eigenvalue weighted by atomic mass is 16.5. The number of hydrogen-bond donors (Lipinski definition) is 0. The molecule has 142 valence electrons. The number of aromatic nitrogens is 1. The van der Waals surface area contributed by atoms with Gasteiger partial charge in [0.1, 0.15) is 11.9 Å². The quantitative estimate of drug-likeness (QED) is 0.817. The van der Waals surface area contributed by atoms with E-state index in [1.54, 1.807) is 12.4 Å². The Hall–Kier alpha value is -2.40. The van der Waals surface area contributed by atoms with Crippen LogP contribution >= 0.6 is 0 Å². The molecule has 2 aliphatic heterocycles. The van der Waals surface area contributed by atoms with Crippen LogP contribution in [0, 0.1) is 0 Å². The smallest absolute Gasteiger partial charge is 0.236 e. The maximum atomic E-state index is 12.7. The lowest BCUT2D eigenvalue weighted by atomic mass is 9.99. The van der Waals surface area contributed by atoms with E-state index in [0.717, 1.165) is 51.2 Å². The van der Waals surface area contributed by atoms with Crippen molar-refractivity contribution in [2.75, 3.05) is 32.7 Å². The highest BCUT2D eigenvalue weighted by molar-refractivity contribution is 5.78. The van der Waals surface area contributed by atoms with Gasteiger partial charge in [0.2, 0.25) is 5.91 Å². The maximum Gasteiger partial charge on any atom is 0.236 e. The minimum Gasteiger partial charge on any atom is -0.489 e. The van der Waals surface area contributed by atoms with Gasteiger partial charge in [0.25, 0.3) is 0 Å². The van der Waals surface area contributed by atoms with Gasteiger partial charge in [-0.2, -0.15) is 0 Å². The third kappa shape index (κ3) is 4.66. The topological polar surface area (TPSA) is 45.7 Å². The lowest BCUT2D eigenvalue weighted by Crippen LogP contribution is -2.45. The predicted octanol–water partition coefficient (Wildman–Crippen LogP) is 2.94. The van der Waals surface area contributed by atoms with E-state index in [1.165, 1.54) is 5.56 Å². The molecule has 1 aromatic heterocycles. The van der Waals surface area contributed by atoms with E-state index >= 15 is 0 Å². The Morgan fingerprint density at radius 2 is 1.85 bits per heavy atom. The van der Waals surface area contributed by atoms with Crippen molar-refractivity contribution in [3.05, 3.63) is 60.4 Å². The van der Waals surface area contributed by atoms with Gasteiger partial charge in [-0.05, 0) is 36.6 Å². The summed E-state index contributed by atoms with van der Waals surface area (Å²) in [5, 5.41) is 0. The highest BCUT2D eigenvalue weighted by Crippen LogP contribution is 2.27. The first-order valence-corrected chi connectivity index (χ1v) is 9.90. The van der Waals surface area contributed by atoms with Crippen molar-refractivity contribution in [2.24, 2.45) is 0 Å². The fourth-order valence-electron chi connectivity index (χ4n) is 4.10. The fraction of sp³-hybridized carbons (Fsp3) is 0.455. The fourth-order valence-corrected chi connectivity index (χ4v) is 4.10. The number of amides is 1. The first-order chi connectivity index (χ1) is 13.3. The Morgan fingerprint density at radius 1 is 1.04 bits per heavy atom. The third-order valence-corrected chi connectivity index (χ3v) is 5.63. The summed E-state index contributed by atoms with van der Waals surface area (Å²) in [7, 11) is 0. The van der Waals surface area contributed by atoms with Gasteiger partial charge in [-0.1, -0.05) is 30.3 Å². The van der Waals surface area contributed by atoms with E-state index in [9.17, 15) is 4.79 Å². The Morgan fingerprint density at radius 3 is 2.59 bits per heavy atom. The molecule has 0 radical (unpaired) electrons. The summed E-state index contributed by atoms with van der Waals surface area (Å²) >= 11 is 0. The molecule has 2 aliphatic rings. The van der Waals surface area contributed by atoms with Crippen molar-refractivity contribution >= 4 is 5.91 Å². The molecule has 27 heavy (non-hydrogen) atoms. The van der Waals surface area contributed by atoms with Crippen LogP contribution in [0.15, 0.2) is 54.9 Å². The van der Waals surface area contributed by atoms with Crippen LogP contribution in [0.5, 0.6) is 5.75 Å². The summed E-state index contributed by atoms with van der Waals surface area (Å²) in [4.78, 5) is 21.1. The first kappa shape index (κ1) is 18.0. The van der Waals surface area contributed by atoms with Crippen molar-refractivity contribution < 1.29 is 9.53 Å². The zero-order valence-corrected chi connectivity index (χ0v) is 15.7.